The SMILES string of the molecule is O=C(CN1CCN(C(=O)/C=C/c2ccc(Cl)c(Cl)c2)CC1)Nc1ccccc1Cl. The van der Waals surface area contributed by atoms with Crippen molar-refractivity contribution in [2.24, 2.45) is 0 Å². The van der Waals surface area contributed by atoms with Crippen molar-refractivity contribution in [3.05, 3.63) is 69.2 Å². The van der Waals surface area contributed by atoms with Gasteiger partial charge in [0.05, 0.1) is 27.3 Å². The molecule has 5 nitrogen and oxygen atoms in total. The smallest absolute Gasteiger partial charge is 0.246 e. The molecule has 2 aromatic rings. The van der Waals surface area contributed by atoms with Gasteiger partial charge in [-0.3, -0.25) is 14.5 Å². The third kappa shape index (κ3) is 6.21. The van der Waals surface area contributed by atoms with Crippen LogP contribution < -0.4 is 5.32 Å². The lowest BCUT2D eigenvalue weighted by atomic mass is 10.2. The molecule has 0 aliphatic carbocycles. The van der Waals surface area contributed by atoms with E-state index in [1.165, 1.54) is 6.08 Å². The lowest BCUT2D eigenvalue weighted by molar-refractivity contribution is -0.127. The van der Waals surface area contributed by atoms with Crippen LogP contribution in [0.15, 0.2) is 48.5 Å². The molecule has 0 radical (unpaired) electrons. The molecular weight excluding hydrogens is 433 g/mol. The van der Waals surface area contributed by atoms with Crippen molar-refractivity contribution in [1.82, 2.24) is 9.80 Å². The van der Waals surface area contributed by atoms with E-state index in [0.717, 1.165) is 5.56 Å². The maximum atomic E-state index is 12.4. The first-order valence-corrected chi connectivity index (χ1v) is 10.2. The van der Waals surface area contributed by atoms with E-state index < -0.39 is 0 Å². The fourth-order valence-corrected chi connectivity index (χ4v) is 3.46. The summed E-state index contributed by atoms with van der Waals surface area (Å²) in [5, 5.41) is 4.24. The van der Waals surface area contributed by atoms with Crippen LogP contribution in [0.4, 0.5) is 5.69 Å². The Morgan fingerprint density at radius 1 is 0.931 bits per heavy atom. The standard InChI is InChI=1S/C21H20Cl3N3O2/c22-16-7-5-15(13-18(16)24)6-8-21(29)27-11-9-26(10-12-27)14-20(28)25-19-4-2-1-3-17(19)23/h1-8,13H,9-12,14H2,(H,25,28)/b8-6+. The van der Waals surface area contributed by atoms with Gasteiger partial charge in [0.15, 0.2) is 0 Å². The van der Waals surface area contributed by atoms with Crippen LogP contribution in [0.25, 0.3) is 6.08 Å². The van der Waals surface area contributed by atoms with Crippen molar-refractivity contribution in [2.75, 3.05) is 38.0 Å². The summed E-state index contributed by atoms with van der Waals surface area (Å²) in [6, 6.07) is 12.3. The van der Waals surface area contributed by atoms with Crippen molar-refractivity contribution >= 4 is 58.4 Å². The number of rotatable bonds is 5. The number of carbonyl (C=O) groups excluding carboxylic acids is 2. The van der Waals surface area contributed by atoms with E-state index in [4.69, 9.17) is 34.8 Å². The molecule has 8 heteroatoms. The number of piperazine rings is 1. The minimum Gasteiger partial charge on any atom is -0.337 e. The number of amides is 2. The first-order chi connectivity index (χ1) is 13.9. The molecule has 29 heavy (non-hydrogen) atoms. The predicted octanol–water partition coefficient (Wildman–Crippen LogP) is 4.44. The van der Waals surface area contributed by atoms with E-state index in [2.05, 4.69) is 5.32 Å². The number of para-hydroxylation sites is 1. The van der Waals surface area contributed by atoms with Gasteiger partial charge < -0.3 is 10.2 Å². The van der Waals surface area contributed by atoms with E-state index >= 15 is 0 Å². The van der Waals surface area contributed by atoms with Gasteiger partial charge >= 0.3 is 0 Å². The second kappa shape index (κ2) is 10.1. The summed E-state index contributed by atoms with van der Waals surface area (Å²) in [7, 11) is 0. The zero-order chi connectivity index (χ0) is 20.8. The highest BCUT2D eigenvalue weighted by Gasteiger charge is 2.21. The average Bonchev–Trinajstić information content (AvgIpc) is 2.71. The molecule has 0 spiro atoms. The largest absolute Gasteiger partial charge is 0.337 e. The molecule has 3 rings (SSSR count). The van der Waals surface area contributed by atoms with Crippen LogP contribution in [0.2, 0.25) is 15.1 Å². The Morgan fingerprint density at radius 3 is 2.34 bits per heavy atom. The Hall–Kier alpha value is -2.05. The third-order valence-corrected chi connectivity index (χ3v) is 5.63. The molecule has 2 aromatic carbocycles. The molecule has 1 fully saturated rings. The summed E-state index contributed by atoms with van der Waals surface area (Å²) in [6.45, 7) is 2.63. The zero-order valence-corrected chi connectivity index (χ0v) is 17.8. The molecule has 0 aromatic heterocycles. The Bertz CT molecular complexity index is 925. The van der Waals surface area contributed by atoms with E-state index in [1.807, 2.05) is 17.0 Å². The van der Waals surface area contributed by atoms with Crippen molar-refractivity contribution in [2.45, 2.75) is 0 Å². The Kier molecular flexibility index (Phi) is 7.56. The first-order valence-electron chi connectivity index (χ1n) is 9.11. The molecule has 2 amide bonds. The predicted molar refractivity (Wildman–Crippen MR) is 119 cm³/mol. The van der Waals surface area contributed by atoms with Gasteiger partial charge in [0, 0.05) is 32.3 Å². The molecule has 0 atom stereocenters. The van der Waals surface area contributed by atoms with Crippen LogP contribution in [0.5, 0.6) is 0 Å². The maximum absolute atomic E-state index is 12.4. The molecule has 1 aliphatic heterocycles. The highest BCUT2D eigenvalue weighted by Crippen LogP contribution is 2.23. The number of carbonyl (C=O) groups is 2. The molecule has 0 bridgehead atoms. The lowest BCUT2D eigenvalue weighted by Crippen LogP contribution is -2.50. The summed E-state index contributed by atoms with van der Waals surface area (Å²) in [5.74, 6) is -0.200. The number of nitrogens with one attached hydrogen (secondary N) is 1. The topological polar surface area (TPSA) is 52.7 Å². The van der Waals surface area contributed by atoms with E-state index in [9.17, 15) is 9.59 Å². The molecule has 152 valence electrons. The summed E-state index contributed by atoms with van der Waals surface area (Å²) >= 11 is 17.9. The monoisotopic (exact) mass is 451 g/mol. The van der Waals surface area contributed by atoms with Crippen LogP contribution in [0, 0.1) is 0 Å². The number of nitrogens with zero attached hydrogens (tertiary/aromatic N) is 2. The summed E-state index contributed by atoms with van der Waals surface area (Å²) in [4.78, 5) is 28.4. The summed E-state index contributed by atoms with van der Waals surface area (Å²) in [6.07, 6.45) is 3.24. The van der Waals surface area contributed by atoms with Gasteiger partial charge in [0.1, 0.15) is 0 Å². The Morgan fingerprint density at radius 2 is 1.66 bits per heavy atom. The van der Waals surface area contributed by atoms with Gasteiger partial charge in [0.2, 0.25) is 11.8 Å². The fourth-order valence-electron chi connectivity index (χ4n) is 2.97. The summed E-state index contributed by atoms with van der Waals surface area (Å²) < 4.78 is 0. The molecular formula is C21H20Cl3N3O2. The normalized spacial score (nSPS) is 14.9. The average molecular weight is 453 g/mol. The van der Waals surface area contributed by atoms with Crippen molar-refractivity contribution < 1.29 is 9.59 Å². The molecule has 1 aliphatic rings. The second-order valence-corrected chi connectivity index (χ2v) is 7.86. The molecule has 0 unspecified atom stereocenters. The molecule has 1 saturated heterocycles. The highest BCUT2D eigenvalue weighted by atomic mass is 35.5. The first kappa shape index (κ1) is 21.7. The number of benzene rings is 2. The maximum Gasteiger partial charge on any atom is 0.246 e. The fraction of sp³-hybridized carbons (Fsp3) is 0.238. The van der Waals surface area contributed by atoms with Crippen LogP contribution in [0.1, 0.15) is 5.56 Å². The van der Waals surface area contributed by atoms with Gasteiger partial charge in [-0.05, 0) is 35.9 Å². The van der Waals surface area contributed by atoms with Crippen LogP contribution in [-0.4, -0.2) is 54.3 Å². The summed E-state index contributed by atoms with van der Waals surface area (Å²) in [5.41, 5.74) is 1.41. The van der Waals surface area contributed by atoms with Crippen LogP contribution in [0.3, 0.4) is 0 Å². The van der Waals surface area contributed by atoms with Crippen LogP contribution >= 0.6 is 34.8 Å². The van der Waals surface area contributed by atoms with Gasteiger partial charge in [-0.15, -0.1) is 0 Å². The Balaban J connectivity index is 1.46. The third-order valence-electron chi connectivity index (χ3n) is 4.56. The zero-order valence-electron chi connectivity index (χ0n) is 15.6. The minimum atomic E-state index is -0.127. The van der Waals surface area contributed by atoms with Gasteiger partial charge in [-0.2, -0.15) is 0 Å². The van der Waals surface area contributed by atoms with Gasteiger partial charge in [-0.25, -0.2) is 0 Å². The van der Waals surface area contributed by atoms with Gasteiger partial charge in [0.25, 0.3) is 0 Å². The second-order valence-electron chi connectivity index (χ2n) is 6.64. The van der Waals surface area contributed by atoms with Crippen molar-refractivity contribution in [3.8, 4) is 0 Å². The molecule has 1 heterocycles. The molecule has 0 saturated carbocycles. The van der Waals surface area contributed by atoms with Crippen LogP contribution in [-0.2, 0) is 9.59 Å². The van der Waals surface area contributed by atoms with Crippen molar-refractivity contribution in [3.63, 3.8) is 0 Å². The number of hydrogen-bond donors (Lipinski definition) is 1. The Labute approximate surface area is 184 Å². The lowest BCUT2D eigenvalue weighted by Gasteiger charge is -2.33. The van der Waals surface area contributed by atoms with E-state index in [1.54, 1.807) is 41.3 Å². The van der Waals surface area contributed by atoms with E-state index in [-0.39, 0.29) is 18.4 Å². The number of anilines is 1. The van der Waals surface area contributed by atoms with Gasteiger partial charge in [-0.1, -0.05) is 53.0 Å². The molecule has 1 N–H and O–H groups in total. The highest BCUT2D eigenvalue weighted by molar-refractivity contribution is 6.42. The van der Waals surface area contributed by atoms with E-state index in [0.29, 0.717) is 46.9 Å². The minimum absolute atomic E-state index is 0.0729. The van der Waals surface area contributed by atoms with Crippen molar-refractivity contribution in [1.29, 1.82) is 0 Å². The number of halogens is 3. The quantitative estimate of drug-likeness (QED) is 0.682. The number of hydrogen-bond acceptors (Lipinski definition) is 3.